The lowest BCUT2D eigenvalue weighted by Gasteiger charge is -2.26. The second-order valence-corrected chi connectivity index (χ2v) is 7.17. The van der Waals surface area contributed by atoms with Gasteiger partial charge in [0.05, 0.1) is 6.04 Å². The Labute approximate surface area is 158 Å². The minimum absolute atomic E-state index is 0.116. The van der Waals surface area contributed by atoms with Crippen molar-refractivity contribution in [2.45, 2.75) is 38.1 Å². The first-order valence-corrected chi connectivity index (χ1v) is 9.51. The van der Waals surface area contributed by atoms with Crippen LogP contribution >= 0.6 is 0 Å². The molecule has 2 aromatic rings. The third-order valence-corrected chi connectivity index (χ3v) is 5.38. The largest absolute Gasteiger partial charge is 0.508 e. The predicted molar refractivity (Wildman–Crippen MR) is 101 cm³/mol. The molecule has 27 heavy (non-hydrogen) atoms. The van der Waals surface area contributed by atoms with Gasteiger partial charge in [0, 0.05) is 13.1 Å². The molecule has 1 aromatic heterocycles. The van der Waals surface area contributed by atoms with E-state index >= 15 is 0 Å². The number of aromatic hydroxyl groups is 1. The Morgan fingerprint density at radius 1 is 1.04 bits per heavy atom. The van der Waals surface area contributed by atoms with E-state index in [9.17, 15) is 14.7 Å². The zero-order valence-corrected chi connectivity index (χ0v) is 15.1. The first-order valence-electron chi connectivity index (χ1n) is 9.51. The molecule has 1 aliphatic carbocycles. The topological polar surface area (TPSA) is 82.5 Å². The number of nitrogens with zero attached hydrogens (tertiary/aromatic N) is 2. The van der Waals surface area contributed by atoms with Gasteiger partial charge in [0.15, 0.2) is 0 Å². The number of benzene rings is 1. The maximum Gasteiger partial charge on any atom is 0.272 e. The van der Waals surface area contributed by atoms with Crippen LogP contribution in [0.15, 0.2) is 36.4 Å². The normalized spacial score (nSPS) is 18.8. The Bertz CT molecular complexity index is 875. The van der Waals surface area contributed by atoms with Crippen LogP contribution in [0.2, 0.25) is 0 Å². The fourth-order valence-electron chi connectivity index (χ4n) is 3.97. The van der Waals surface area contributed by atoms with E-state index in [1.807, 2.05) is 6.07 Å². The number of phenols is 1. The number of carbonyl (C=O) groups is 2. The Kier molecular flexibility index (Phi) is 4.79. The molecule has 4 rings (SSSR count). The second kappa shape index (κ2) is 7.39. The van der Waals surface area contributed by atoms with Gasteiger partial charge in [-0.1, -0.05) is 18.2 Å². The molecule has 0 spiro atoms. The summed E-state index contributed by atoms with van der Waals surface area (Å²) >= 11 is 0. The SMILES string of the molecule is O=C(NC1CCCc2c(O)cccc21)c1cccc(C(=O)N2CCCC2)n1. The second-order valence-electron chi connectivity index (χ2n) is 7.17. The van der Waals surface area contributed by atoms with Crippen LogP contribution in [0.1, 0.15) is 63.8 Å². The highest BCUT2D eigenvalue weighted by Gasteiger charge is 2.25. The van der Waals surface area contributed by atoms with E-state index in [-0.39, 0.29) is 29.3 Å². The van der Waals surface area contributed by atoms with Crippen molar-refractivity contribution in [3.05, 3.63) is 58.9 Å². The summed E-state index contributed by atoms with van der Waals surface area (Å²) in [6.07, 6.45) is 4.55. The molecule has 1 atom stereocenters. The third-order valence-electron chi connectivity index (χ3n) is 5.38. The average molecular weight is 365 g/mol. The van der Waals surface area contributed by atoms with Crippen molar-refractivity contribution in [3.8, 4) is 5.75 Å². The van der Waals surface area contributed by atoms with Gasteiger partial charge in [-0.2, -0.15) is 0 Å². The van der Waals surface area contributed by atoms with E-state index in [0.717, 1.165) is 56.3 Å². The number of fused-ring (bicyclic) bond motifs is 1. The van der Waals surface area contributed by atoms with Crippen molar-refractivity contribution in [2.75, 3.05) is 13.1 Å². The highest BCUT2D eigenvalue weighted by molar-refractivity contribution is 5.96. The molecule has 1 aliphatic heterocycles. The molecular weight excluding hydrogens is 342 g/mol. The number of amides is 2. The summed E-state index contributed by atoms with van der Waals surface area (Å²) in [4.78, 5) is 31.3. The summed E-state index contributed by atoms with van der Waals surface area (Å²) in [6, 6.07) is 10.2. The van der Waals surface area contributed by atoms with Gasteiger partial charge in [0.1, 0.15) is 17.1 Å². The Morgan fingerprint density at radius 3 is 2.59 bits per heavy atom. The summed E-state index contributed by atoms with van der Waals surface area (Å²) in [5.74, 6) is -0.134. The van der Waals surface area contributed by atoms with Crippen LogP contribution < -0.4 is 5.32 Å². The summed E-state index contributed by atoms with van der Waals surface area (Å²) in [5.41, 5.74) is 2.41. The van der Waals surface area contributed by atoms with Crippen LogP contribution in [0.25, 0.3) is 0 Å². The lowest BCUT2D eigenvalue weighted by Crippen LogP contribution is -2.32. The van der Waals surface area contributed by atoms with E-state index in [1.165, 1.54) is 0 Å². The number of hydrogen-bond acceptors (Lipinski definition) is 4. The van der Waals surface area contributed by atoms with Crippen molar-refractivity contribution < 1.29 is 14.7 Å². The van der Waals surface area contributed by atoms with Crippen molar-refractivity contribution in [1.82, 2.24) is 15.2 Å². The van der Waals surface area contributed by atoms with Crippen molar-refractivity contribution >= 4 is 11.8 Å². The van der Waals surface area contributed by atoms with E-state index in [2.05, 4.69) is 10.3 Å². The van der Waals surface area contributed by atoms with Gasteiger partial charge in [-0.25, -0.2) is 4.98 Å². The lowest BCUT2D eigenvalue weighted by atomic mass is 9.87. The molecule has 2 heterocycles. The molecule has 2 N–H and O–H groups in total. The van der Waals surface area contributed by atoms with Gasteiger partial charge in [0.2, 0.25) is 0 Å². The van der Waals surface area contributed by atoms with E-state index in [4.69, 9.17) is 0 Å². The molecule has 6 nitrogen and oxygen atoms in total. The molecule has 0 bridgehead atoms. The number of nitrogens with one attached hydrogen (secondary N) is 1. The summed E-state index contributed by atoms with van der Waals surface area (Å²) in [6.45, 7) is 1.50. The summed E-state index contributed by atoms with van der Waals surface area (Å²) in [7, 11) is 0. The Balaban J connectivity index is 1.52. The summed E-state index contributed by atoms with van der Waals surface area (Å²) in [5, 5.41) is 13.1. The first-order chi connectivity index (χ1) is 13.1. The van der Waals surface area contributed by atoms with Crippen molar-refractivity contribution in [2.24, 2.45) is 0 Å². The molecule has 140 valence electrons. The predicted octanol–water partition coefficient (Wildman–Crippen LogP) is 2.83. The number of rotatable bonds is 3. The molecule has 1 fully saturated rings. The van der Waals surface area contributed by atoms with Gasteiger partial charge >= 0.3 is 0 Å². The monoisotopic (exact) mass is 365 g/mol. The van der Waals surface area contributed by atoms with Gasteiger partial charge in [-0.3, -0.25) is 9.59 Å². The molecule has 2 aliphatic rings. The fraction of sp³-hybridized carbons (Fsp3) is 0.381. The van der Waals surface area contributed by atoms with Crippen LogP contribution in [-0.4, -0.2) is 39.9 Å². The molecule has 1 aromatic carbocycles. The highest BCUT2D eigenvalue weighted by atomic mass is 16.3. The van der Waals surface area contributed by atoms with Crippen LogP contribution in [0.4, 0.5) is 0 Å². The number of pyridine rings is 1. The van der Waals surface area contributed by atoms with Crippen molar-refractivity contribution in [3.63, 3.8) is 0 Å². The Hall–Kier alpha value is -2.89. The van der Waals surface area contributed by atoms with Crippen LogP contribution in [0.5, 0.6) is 5.75 Å². The minimum atomic E-state index is -0.299. The molecule has 2 amide bonds. The molecular formula is C21H23N3O3. The summed E-state index contributed by atoms with van der Waals surface area (Å²) < 4.78 is 0. The first kappa shape index (κ1) is 17.5. The molecule has 1 unspecified atom stereocenters. The fourth-order valence-corrected chi connectivity index (χ4v) is 3.97. The maximum atomic E-state index is 12.7. The molecule has 0 saturated carbocycles. The van der Waals surface area contributed by atoms with Crippen LogP contribution in [-0.2, 0) is 6.42 Å². The number of aromatic nitrogens is 1. The molecule has 1 saturated heterocycles. The number of phenolic OH excluding ortho intramolecular Hbond substituents is 1. The maximum absolute atomic E-state index is 12.7. The van der Waals surface area contributed by atoms with Gasteiger partial charge in [0.25, 0.3) is 11.8 Å². The molecule has 6 heteroatoms. The zero-order chi connectivity index (χ0) is 18.8. The van der Waals surface area contributed by atoms with E-state index in [1.54, 1.807) is 35.2 Å². The van der Waals surface area contributed by atoms with Crippen molar-refractivity contribution in [1.29, 1.82) is 0 Å². The molecule has 0 radical (unpaired) electrons. The lowest BCUT2D eigenvalue weighted by molar-refractivity contribution is 0.0787. The zero-order valence-electron chi connectivity index (χ0n) is 15.1. The quantitative estimate of drug-likeness (QED) is 0.876. The van der Waals surface area contributed by atoms with Gasteiger partial charge in [-0.05, 0) is 61.4 Å². The van der Waals surface area contributed by atoms with Gasteiger partial charge in [-0.15, -0.1) is 0 Å². The van der Waals surface area contributed by atoms with E-state index < -0.39 is 0 Å². The van der Waals surface area contributed by atoms with Gasteiger partial charge < -0.3 is 15.3 Å². The Morgan fingerprint density at radius 2 is 1.78 bits per heavy atom. The minimum Gasteiger partial charge on any atom is -0.508 e. The standard InChI is InChI=1S/C21H23N3O3/c25-19-11-4-6-14-15(19)7-3-8-16(14)23-20(26)17-9-5-10-18(22-17)21(27)24-12-1-2-13-24/h4-6,9-11,16,25H,1-3,7-8,12-13H2,(H,23,26). The van der Waals surface area contributed by atoms with Crippen LogP contribution in [0.3, 0.4) is 0 Å². The smallest absolute Gasteiger partial charge is 0.272 e. The average Bonchev–Trinajstić information content (AvgIpc) is 3.23. The highest BCUT2D eigenvalue weighted by Crippen LogP contribution is 2.34. The number of hydrogen-bond donors (Lipinski definition) is 2. The van der Waals surface area contributed by atoms with Crippen LogP contribution in [0, 0.1) is 0 Å². The third kappa shape index (κ3) is 3.52. The number of carbonyl (C=O) groups excluding carboxylic acids is 2. The number of likely N-dealkylation sites (tertiary alicyclic amines) is 1. The van der Waals surface area contributed by atoms with E-state index in [0.29, 0.717) is 5.69 Å².